The van der Waals surface area contributed by atoms with Gasteiger partial charge in [0, 0.05) is 13.1 Å². The molecule has 0 bridgehead atoms. The third-order valence-corrected chi connectivity index (χ3v) is 2.61. The van der Waals surface area contributed by atoms with Gasteiger partial charge in [-0.3, -0.25) is 0 Å². The first-order valence-electron chi connectivity index (χ1n) is 5.41. The smallest absolute Gasteiger partial charge is 0.318 e. The molecule has 0 saturated carbocycles. The van der Waals surface area contributed by atoms with Crippen molar-refractivity contribution in [1.82, 2.24) is 10.2 Å². The van der Waals surface area contributed by atoms with Crippen LogP contribution in [0.15, 0.2) is 4.42 Å². The van der Waals surface area contributed by atoms with E-state index in [4.69, 9.17) is 10.2 Å². The van der Waals surface area contributed by atoms with Crippen LogP contribution in [0.5, 0.6) is 0 Å². The van der Waals surface area contributed by atoms with Crippen LogP contribution >= 0.6 is 0 Å². The maximum absolute atomic E-state index is 5.65. The third-order valence-electron chi connectivity index (χ3n) is 2.61. The van der Waals surface area contributed by atoms with Crippen LogP contribution in [0.2, 0.25) is 0 Å². The standard InChI is InChI=1S/C10H20N4O/c1-5-8(6-2)14(4)10-13-12-9(15-10)7(3)11/h7-8H,5-6,11H2,1-4H3. The Bertz CT molecular complexity index is 293. The lowest BCUT2D eigenvalue weighted by atomic mass is 10.1. The van der Waals surface area contributed by atoms with E-state index in [2.05, 4.69) is 24.0 Å². The van der Waals surface area contributed by atoms with E-state index in [1.54, 1.807) is 0 Å². The summed E-state index contributed by atoms with van der Waals surface area (Å²) in [5.74, 6) is 0.489. The van der Waals surface area contributed by atoms with Crippen molar-refractivity contribution in [3.8, 4) is 0 Å². The average molecular weight is 212 g/mol. The van der Waals surface area contributed by atoms with E-state index in [1.165, 1.54) is 0 Å². The highest BCUT2D eigenvalue weighted by atomic mass is 16.4. The molecule has 15 heavy (non-hydrogen) atoms. The fourth-order valence-corrected chi connectivity index (χ4v) is 1.55. The lowest BCUT2D eigenvalue weighted by Gasteiger charge is -2.23. The first-order chi connectivity index (χ1) is 7.10. The molecule has 0 aromatic carbocycles. The van der Waals surface area contributed by atoms with Gasteiger partial charge in [-0.1, -0.05) is 18.9 Å². The fourth-order valence-electron chi connectivity index (χ4n) is 1.55. The highest BCUT2D eigenvalue weighted by Crippen LogP contribution is 2.18. The predicted octanol–water partition coefficient (Wildman–Crippen LogP) is 1.71. The second-order valence-corrected chi connectivity index (χ2v) is 3.79. The van der Waals surface area contributed by atoms with Gasteiger partial charge in [0.05, 0.1) is 6.04 Å². The van der Waals surface area contributed by atoms with Crippen molar-refractivity contribution in [2.24, 2.45) is 5.73 Å². The van der Waals surface area contributed by atoms with Crippen LogP contribution < -0.4 is 10.6 Å². The second kappa shape index (κ2) is 5.11. The largest absolute Gasteiger partial charge is 0.406 e. The minimum atomic E-state index is -0.207. The van der Waals surface area contributed by atoms with Crippen LogP contribution in [0, 0.1) is 0 Å². The molecular weight excluding hydrogens is 192 g/mol. The zero-order valence-corrected chi connectivity index (χ0v) is 9.90. The van der Waals surface area contributed by atoms with E-state index in [0.29, 0.717) is 17.9 Å². The van der Waals surface area contributed by atoms with Crippen LogP contribution in [-0.4, -0.2) is 23.3 Å². The number of hydrogen-bond acceptors (Lipinski definition) is 5. The van der Waals surface area contributed by atoms with Crippen LogP contribution in [0.3, 0.4) is 0 Å². The molecule has 5 heteroatoms. The van der Waals surface area contributed by atoms with Gasteiger partial charge in [-0.05, 0) is 19.8 Å². The molecule has 1 rings (SSSR count). The van der Waals surface area contributed by atoms with Crippen LogP contribution in [-0.2, 0) is 0 Å². The van der Waals surface area contributed by atoms with Gasteiger partial charge in [0.25, 0.3) is 0 Å². The molecule has 5 nitrogen and oxygen atoms in total. The van der Waals surface area contributed by atoms with E-state index in [1.807, 2.05) is 18.9 Å². The molecule has 1 unspecified atom stereocenters. The van der Waals surface area contributed by atoms with E-state index in [9.17, 15) is 0 Å². The van der Waals surface area contributed by atoms with E-state index in [-0.39, 0.29) is 6.04 Å². The zero-order valence-electron chi connectivity index (χ0n) is 9.90. The maximum Gasteiger partial charge on any atom is 0.318 e. The normalized spacial score (nSPS) is 13.2. The Hall–Kier alpha value is -1.10. The average Bonchev–Trinajstić information content (AvgIpc) is 2.68. The summed E-state index contributed by atoms with van der Waals surface area (Å²) in [6.45, 7) is 6.12. The van der Waals surface area contributed by atoms with Gasteiger partial charge in [-0.15, -0.1) is 5.10 Å². The fraction of sp³-hybridized carbons (Fsp3) is 0.800. The molecule has 0 radical (unpaired) electrons. The van der Waals surface area contributed by atoms with E-state index < -0.39 is 0 Å². The van der Waals surface area contributed by atoms with Crippen molar-refractivity contribution in [2.75, 3.05) is 11.9 Å². The Labute approximate surface area is 90.7 Å². The topological polar surface area (TPSA) is 68.2 Å². The zero-order chi connectivity index (χ0) is 11.4. The Morgan fingerprint density at radius 1 is 1.33 bits per heavy atom. The maximum atomic E-state index is 5.65. The van der Waals surface area contributed by atoms with Gasteiger partial charge in [-0.2, -0.15) is 0 Å². The monoisotopic (exact) mass is 212 g/mol. The van der Waals surface area contributed by atoms with Gasteiger partial charge in [0.2, 0.25) is 5.89 Å². The summed E-state index contributed by atoms with van der Waals surface area (Å²) in [6, 6.07) is 0.781. The lowest BCUT2D eigenvalue weighted by Crippen LogP contribution is -2.30. The number of nitrogens with two attached hydrogens (primary N) is 1. The SMILES string of the molecule is CCC(CC)N(C)c1nnc(C(C)N)o1. The van der Waals surface area contributed by atoms with E-state index >= 15 is 0 Å². The van der Waals surface area contributed by atoms with Crippen molar-refractivity contribution >= 4 is 6.01 Å². The molecule has 1 aromatic heterocycles. The number of rotatable bonds is 5. The molecule has 1 aromatic rings. The number of hydrogen-bond donors (Lipinski definition) is 1. The Morgan fingerprint density at radius 2 is 1.93 bits per heavy atom. The van der Waals surface area contributed by atoms with E-state index in [0.717, 1.165) is 12.8 Å². The molecular formula is C10H20N4O. The number of aromatic nitrogens is 2. The second-order valence-electron chi connectivity index (χ2n) is 3.79. The van der Waals surface area contributed by atoms with Gasteiger partial charge in [0.1, 0.15) is 0 Å². The van der Waals surface area contributed by atoms with Crippen molar-refractivity contribution in [2.45, 2.75) is 45.7 Å². The Morgan fingerprint density at radius 3 is 2.33 bits per heavy atom. The molecule has 0 aliphatic carbocycles. The van der Waals surface area contributed by atoms with Crippen LogP contribution in [0.25, 0.3) is 0 Å². The third kappa shape index (κ3) is 2.68. The summed E-state index contributed by atoms with van der Waals surface area (Å²) >= 11 is 0. The summed E-state index contributed by atoms with van der Waals surface area (Å²) < 4.78 is 5.47. The van der Waals surface area contributed by atoms with Gasteiger partial charge in [-0.25, -0.2) is 0 Å². The first kappa shape index (κ1) is 12.0. The number of anilines is 1. The molecule has 0 spiro atoms. The lowest BCUT2D eigenvalue weighted by molar-refractivity contribution is 0.443. The van der Waals surface area contributed by atoms with Crippen molar-refractivity contribution in [3.05, 3.63) is 5.89 Å². The van der Waals surface area contributed by atoms with Gasteiger partial charge >= 0.3 is 6.01 Å². The Balaban J connectivity index is 2.77. The quantitative estimate of drug-likeness (QED) is 0.804. The summed E-state index contributed by atoms with van der Waals surface area (Å²) in [6.07, 6.45) is 2.12. The number of nitrogens with zero attached hydrogens (tertiary/aromatic N) is 3. The van der Waals surface area contributed by atoms with Crippen molar-refractivity contribution in [1.29, 1.82) is 0 Å². The molecule has 0 aliphatic heterocycles. The molecule has 0 amide bonds. The minimum absolute atomic E-state index is 0.207. The highest BCUT2D eigenvalue weighted by Gasteiger charge is 2.18. The van der Waals surface area contributed by atoms with Crippen LogP contribution in [0.4, 0.5) is 6.01 Å². The molecule has 0 fully saturated rings. The summed E-state index contributed by atoms with van der Waals surface area (Å²) in [5.41, 5.74) is 5.65. The molecule has 2 N–H and O–H groups in total. The minimum Gasteiger partial charge on any atom is -0.406 e. The predicted molar refractivity (Wildman–Crippen MR) is 59.7 cm³/mol. The first-order valence-corrected chi connectivity index (χ1v) is 5.41. The molecule has 86 valence electrons. The van der Waals surface area contributed by atoms with Gasteiger partial charge < -0.3 is 15.1 Å². The van der Waals surface area contributed by atoms with Crippen molar-refractivity contribution < 1.29 is 4.42 Å². The highest BCUT2D eigenvalue weighted by molar-refractivity contribution is 5.24. The molecule has 0 saturated heterocycles. The summed E-state index contributed by atoms with van der Waals surface area (Å²) in [7, 11) is 1.97. The Kier molecular flexibility index (Phi) is 4.08. The summed E-state index contributed by atoms with van der Waals surface area (Å²) in [4.78, 5) is 2.01. The molecule has 1 atom stereocenters. The van der Waals surface area contributed by atoms with Crippen molar-refractivity contribution in [3.63, 3.8) is 0 Å². The van der Waals surface area contributed by atoms with Gasteiger partial charge in [0.15, 0.2) is 0 Å². The summed E-state index contributed by atoms with van der Waals surface area (Å²) in [5, 5.41) is 7.89. The molecule has 1 heterocycles. The van der Waals surface area contributed by atoms with Crippen LogP contribution in [0.1, 0.15) is 45.5 Å². The molecule has 0 aliphatic rings.